The van der Waals surface area contributed by atoms with E-state index in [4.69, 9.17) is 4.74 Å². The Hall–Kier alpha value is -2.93. The van der Waals surface area contributed by atoms with Gasteiger partial charge in [0.05, 0.1) is 18.1 Å². The van der Waals surface area contributed by atoms with E-state index in [0.717, 1.165) is 5.56 Å². The molecule has 0 aromatic heterocycles. The first-order valence-corrected chi connectivity index (χ1v) is 7.60. The van der Waals surface area contributed by atoms with Crippen LogP contribution in [-0.2, 0) is 4.74 Å². The topological polar surface area (TPSA) is 84.7 Å². The molecule has 7 heteroatoms. The summed E-state index contributed by atoms with van der Waals surface area (Å²) in [5.41, 5.74) is 1.36. The number of amides is 2. The normalized spacial score (nSPS) is 17.3. The Labute approximate surface area is 139 Å². The Balaban J connectivity index is 1.66. The molecule has 1 fully saturated rings. The van der Waals surface area contributed by atoms with E-state index in [0.29, 0.717) is 25.4 Å². The minimum absolute atomic E-state index is 0.0584. The molecule has 1 aliphatic rings. The summed E-state index contributed by atoms with van der Waals surface area (Å²) < 4.78 is 5.73. The van der Waals surface area contributed by atoms with Crippen molar-refractivity contribution >= 4 is 17.4 Å². The maximum absolute atomic E-state index is 12.4. The van der Waals surface area contributed by atoms with Gasteiger partial charge in [-0.2, -0.15) is 0 Å². The Morgan fingerprint density at radius 3 is 2.75 bits per heavy atom. The van der Waals surface area contributed by atoms with E-state index in [2.05, 4.69) is 5.32 Å². The van der Waals surface area contributed by atoms with E-state index >= 15 is 0 Å². The van der Waals surface area contributed by atoms with Gasteiger partial charge in [-0.25, -0.2) is 4.79 Å². The SMILES string of the molecule is O=C(Nc1cccc([N+](=O)[O-])c1)N1CCO[C@H](c2ccccc2)C1. The van der Waals surface area contributed by atoms with Gasteiger partial charge in [0.15, 0.2) is 0 Å². The predicted molar refractivity (Wildman–Crippen MR) is 88.8 cm³/mol. The van der Waals surface area contributed by atoms with Gasteiger partial charge in [0, 0.05) is 24.4 Å². The molecular weight excluding hydrogens is 310 g/mol. The lowest BCUT2D eigenvalue weighted by Gasteiger charge is -2.33. The third-order valence-corrected chi connectivity index (χ3v) is 3.83. The fourth-order valence-corrected chi connectivity index (χ4v) is 2.60. The molecule has 0 bridgehead atoms. The molecule has 124 valence electrons. The van der Waals surface area contributed by atoms with Crippen molar-refractivity contribution in [1.82, 2.24) is 4.90 Å². The van der Waals surface area contributed by atoms with Gasteiger partial charge in [0.25, 0.3) is 5.69 Å². The van der Waals surface area contributed by atoms with Crippen LogP contribution in [0, 0.1) is 10.1 Å². The van der Waals surface area contributed by atoms with Gasteiger partial charge in [0.2, 0.25) is 0 Å². The van der Waals surface area contributed by atoms with Crippen LogP contribution in [0.1, 0.15) is 11.7 Å². The maximum atomic E-state index is 12.4. The summed E-state index contributed by atoms with van der Waals surface area (Å²) in [6.07, 6.45) is -0.171. The number of nitrogens with one attached hydrogen (secondary N) is 1. The van der Waals surface area contributed by atoms with Crippen LogP contribution in [0.15, 0.2) is 54.6 Å². The third-order valence-electron chi connectivity index (χ3n) is 3.83. The van der Waals surface area contributed by atoms with Crippen LogP contribution >= 0.6 is 0 Å². The minimum atomic E-state index is -0.490. The summed E-state index contributed by atoms with van der Waals surface area (Å²) in [6, 6.07) is 15.3. The zero-order valence-electron chi connectivity index (χ0n) is 12.9. The number of urea groups is 1. The molecule has 0 aliphatic carbocycles. The zero-order valence-corrected chi connectivity index (χ0v) is 12.9. The number of ether oxygens (including phenoxy) is 1. The van der Waals surface area contributed by atoms with Crippen LogP contribution in [0.5, 0.6) is 0 Å². The van der Waals surface area contributed by atoms with Crippen molar-refractivity contribution in [3.63, 3.8) is 0 Å². The largest absolute Gasteiger partial charge is 0.370 e. The lowest BCUT2D eigenvalue weighted by molar-refractivity contribution is -0.384. The van der Waals surface area contributed by atoms with Gasteiger partial charge in [-0.3, -0.25) is 10.1 Å². The van der Waals surface area contributed by atoms with Crippen LogP contribution in [0.4, 0.5) is 16.2 Å². The highest BCUT2D eigenvalue weighted by molar-refractivity contribution is 5.89. The highest BCUT2D eigenvalue weighted by Gasteiger charge is 2.25. The zero-order chi connectivity index (χ0) is 16.9. The lowest BCUT2D eigenvalue weighted by Crippen LogP contribution is -2.44. The Kier molecular flexibility index (Phi) is 4.72. The smallest absolute Gasteiger partial charge is 0.322 e. The summed E-state index contributed by atoms with van der Waals surface area (Å²) in [5, 5.41) is 13.5. The van der Waals surface area contributed by atoms with Crippen molar-refractivity contribution in [2.45, 2.75) is 6.10 Å². The molecule has 1 aliphatic heterocycles. The number of nitro benzene ring substituents is 1. The molecule has 0 radical (unpaired) electrons. The van der Waals surface area contributed by atoms with Gasteiger partial charge >= 0.3 is 6.03 Å². The third kappa shape index (κ3) is 3.69. The number of rotatable bonds is 3. The number of carbonyl (C=O) groups excluding carboxylic acids is 1. The van der Waals surface area contributed by atoms with Crippen LogP contribution in [0.2, 0.25) is 0 Å². The van der Waals surface area contributed by atoms with Crippen molar-refractivity contribution < 1.29 is 14.5 Å². The summed E-state index contributed by atoms with van der Waals surface area (Å²) in [5.74, 6) is 0. The molecule has 0 spiro atoms. The number of hydrogen-bond acceptors (Lipinski definition) is 4. The molecule has 1 N–H and O–H groups in total. The van der Waals surface area contributed by atoms with E-state index in [1.54, 1.807) is 17.0 Å². The standard InChI is InChI=1S/C17H17N3O4/c21-17(18-14-7-4-8-15(11-14)20(22)23)19-9-10-24-16(12-19)13-5-2-1-3-6-13/h1-8,11,16H,9-10,12H2,(H,18,21)/t16-/m0/s1. The van der Waals surface area contributed by atoms with Gasteiger partial charge in [-0.15, -0.1) is 0 Å². The highest BCUT2D eigenvalue weighted by atomic mass is 16.6. The van der Waals surface area contributed by atoms with Gasteiger partial charge in [-0.1, -0.05) is 36.4 Å². The van der Waals surface area contributed by atoms with Gasteiger partial charge in [-0.05, 0) is 11.6 Å². The number of nitrogens with zero attached hydrogens (tertiary/aromatic N) is 2. The summed E-state index contributed by atoms with van der Waals surface area (Å²) in [7, 11) is 0. The number of morpholine rings is 1. The Morgan fingerprint density at radius 2 is 2.00 bits per heavy atom. The van der Waals surface area contributed by atoms with Crippen molar-refractivity contribution in [2.75, 3.05) is 25.0 Å². The quantitative estimate of drug-likeness (QED) is 0.693. The summed E-state index contributed by atoms with van der Waals surface area (Å²) in [6.45, 7) is 1.36. The van der Waals surface area contributed by atoms with Gasteiger partial charge < -0.3 is 15.0 Å². The molecule has 0 unspecified atom stereocenters. The molecule has 2 aromatic rings. The van der Waals surface area contributed by atoms with E-state index in [1.807, 2.05) is 30.3 Å². The first-order valence-electron chi connectivity index (χ1n) is 7.60. The average Bonchev–Trinajstić information content (AvgIpc) is 2.63. The number of carbonyl (C=O) groups is 1. The summed E-state index contributed by atoms with van der Waals surface area (Å²) in [4.78, 5) is 24.4. The molecule has 1 heterocycles. The lowest BCUT2D eigenvalue weighted by atomic mass is 10.1. The Morgan fingerprint density at radius 1 is 1.21 bits per heavy atom. The average molecular weight is 327 g/mol. The van der Waals surface area contributed by atoms with Crippen LogP contribution in [-0.4, -0.2) is 35.6 Å². The molecule has 2 aromatic carbocycles. The van der Waals surface area contributed by atoms with Crippen molar-refractivity contribution in [2.24, 2.45) is 0 Å². The molecule has 1 atom stereocenters. The highest BCUT2D eigenvalue weighted by Crippen LogP contribution is 2.23. The van der Waals surface area contributed by atoms with E-state index in [-0.39, 0.29) is 17.8 Å². The first kappa shape index (κ1) is 15.9. The van der Waals surface area contributed by atoms with E-state index in [9.17, 15) is 14.9 Å². The van der Waals surface area contributed by atoms with Crippen LogP contribution in [0.3, 0.4) is 0 Å². The molecular formula is C17H17N3O4. The number of hydrogen-bond donors (Lipinski definition) is 1. The minimum Gasteiger partial charge on any atom is -0.370 e. The molecule has 0 saturated carbocycles. The first-order chi connectivity index (χ1) is 11.6. The molecule has 3 rings (SSSR count). The second kappa shape index (κ2) is 7.10. The number of anilines is 1. The van der Waals surface area contributed by atoms with Crippen molar-refractivity contribution in [1.29, 1.82) is 0 Å². The van der Waals surface area contributed by atoms with E-state index < -0.39 is 4.92 Å². The van der Waals surface area contributed by atoms with Crippen molar-refractivity contribution in [3.8, 4) is 0 Å². The van der Waals surface area contributed by atoms with Crippen LogP contribution < -0.4 is 5.32 Å². The Bertz CT molecular complexity index is 736. The molecule has 1 saturated heterocycles. The van der Waals surface area contributed by atoms with Crippen molar-refractivity contribution in [3.05, 3.63) is 70.3 Å². The number of nitro groups is 1. The second-order valence-electron chi connectivity index (χ2n) is 5.45. The van der Waals surface area contributed by atoms with E-state index in [1.165, 1.54) is 12.1 Å². The molecule has 24 heavy (non-hydrogen) atoms. The predicted octanol–water partition coefficient (Wildman–Crippen LogP) is 3.20. The van der Waals surface area contributed by atoms with Gasteiger partial charge in [0.1, 0.15) is 6.10 Å². The maximum Gasteiger partial charge on any atom is 0.322 e. The monoisotopic (exact) mass is 327 g/mol. The second-order valence-corrected chi connectivity index (χ2v) is 5.45. The fourth-order valence-electron chi connectivity index (χ4n) is 2.60. The van der Waals surface area contributed by atoms with Crippen LogP contribution in [0.25, 0.3) is 0 Å². The molecule has 2 amide bonds. The summed E-state index contributed by atoms with van der Waals surface area (Å²) >= 11 is 0. The fraction of sp³-hybridized carbons (Fsp3) is 0.235. The number of non-ortho nitro benzene ring substituents is 1. The number of benzene rings is 2. The molecule has 7 nitrogen and oxygen atoms in total.